The highest BCUT2D eigenvalue weighted by Crippen LogP contribution is 2.74. The molecule has 2 heterocycles. The van der Waals surface area contributed by atoms with Gasteiger partial charge in [0.15, 0.2) is 0 Å². The van der Waals surface area contributed by atoms with Gasteiger partial charge in [-0.1, -0.05) is 20.8 Å². The van der Waals surface area contributed by atoms with Crippen molar-refractivity contribution < 1.29 is 34.7 Å². The number of alkyl halides is 1. The monoisotopic (exact) mass is 414 g/mol. The maximum Gasteiger partial charge on any atom is 0.337 e. The number of fused-ring (bicyclic) bond motifs is 2. The Labute approximate surface area is 168 Å². The molecular weight excluding hydrogens is 388 g/mol. The molecule has 0 aromatic carbocycles. The SMILES string of the molecule is CC(C)[C@]1(O)[C@H](Cl)[C@@H]2O[C@@]23[C@@]2(C)C[C@H](O)C4=C(COC4=O)[C@@H]2CC[C@@]3(O)[C@@H]1O. The predicted molar refractivity (Wildman–Crippen MR) is 97.4 cm³/mol. The molecule has 9 atom stereocenters. The molecular formula is C20H27ClO7. The summed E-state index contributed by atoms with van der Waals surface area (Å²) in [5.41, 5.74) is -4.26. The van der Waals surface area contributed by atoms with Gasteiger partial charge in [0.1, 0.15) is 35.6 Å². The van der Waals surface area contributed by atoms with E-state index in [1.54, 1.807) is 13.8 Å². The number of carbonyl (C=O) groups excluding carboxylic acids is 1. The Balaban J connectivity index is 1.65. The number of aliphatic hydroxyl groups is 4. The lowest BCUT2D eigenvalue weighted by Crippen LogP contribution is -2.79. The van der Waals surface area contributed by atoms with Crippen LogP contribution in [0.25, 0.3) is 0 Å². The highest BCUT2D eigenvalue weighted by atomic mass is 35.5. The van der Waals surface area contributed by atoms with E-state index in [0.29, 0.717) is 12.0 Å². The van der Waals surface area contributed by atoms with Crippen molar-refractivity contribution in [3.63, 3.8) is 0 Å². The van der Waals surface area contributed by atoms with Gasteiger partial charge in [0, 0.05) is 5.41 Å². The van der Waals surface area contributed by atoms with E-state index in [-0.39, 0.29) is 25.4 Å². The van der Waals surface area contributed by atoms with E-state index in [1.165, 1.54) is 0 Å². The number of epoxide rings is 1. The van der Waals surface area contributed by atoms with E-state index in [1.807, 2.05) is 6.92 Å². The standard InChI is InChI=1S/C20H27ClO7/c1-8(2)19(26)13(21)14-20(28-14)17(3)6-11(22)12-9(7-27-15(12)23)10(17)4-5-18(20,25)16(19)24/h8,10-11,13-14,16,22,24-26H,4-7H2,1-3H3/t10-,11-,13+,14-,16-,17-,18+,19-,20+/m0/s1. The zero-order valence-corrected chi connectivity index (χ0v) is 16.9. The summed E-state index contributed by atoms with van der Waals surface area (Å²) >= 11 is 6.65. The smallest absolute Gasteiger partial charge is 0.337 e. The summed E-state index contributed by atoms with van der Waals surface area (Å²) in [6, 6.07) is 0. The summed E-state index contributed by atoms with van der Waals surface area (Å²) in [6.07, 6.45) is -2.29. The van der Waals surface area contributed by atoms with Crippen molar-refractivity contribution in [2.45, 2.75) is 80.5 Å². The summed E-state index contributed by atoms with van der Waals surface area (Å²) in [7, 11) is 0. The summed E-state index contributed by atoms with van der Waals surface area (Å²) in [5.74, 6) is -1.01. The van der Waals surface area contributed by atoms with Crippen LogP contribution in [0.4, 0.5) is 0 Å². The van der Waals surface area contributed by atoms with Gasteiger partial charge in [0.25, 0.3) is 0 Å². The number of cyclic esters (lactones) is 1. The normalized spacial score (nSPS) is 57.3. The summed E-state index contributed by atoms with van der Waals surface area (Å²) in [4.78, 5) is 12.1. The van der Waals surface area contributed by atoms with Gasteiger partial charge < -0.3 is 29.9 Å². The molecule has 0 radical (unpaired) electrons. The van der Waals surface area contributed by atoms with Gasteiger partial charge in [-0.25, -0.2) is 4.79 Å². The molecule has 2 saturated carbocycles. The van der Waals surface area contributed by atoms with Gasteiger partial charge in [-0.2, -0.15) is 0 Å². The Bertz CT molecular complexity index is 797. The molecule has 156 valence electrons. The predicted octanol–water partition coefficient (Wildman–Crippen LogP) is 0.258. The Kier molecular flexibility index (Phi) is 3.66. The van der Waals surface area contributed by atoms with Crippen molar-refractivity contribution in [3.05, 3.63) is 11.1 Å². The maximum atomic E-state index is 12.1. The van der Waals surface area contributed by atoms with Crippen molar-refractivity contribution in [1.82, 2.24) is 0 Å². The van der Waals surface area contributed by atoms with Gasteiger partial charge in [-0.3, -0.25) is 0 Å². The molecule has 0 aromatic rings. The second-order valence-corrected chi connectivity index (χ2v) is 10.3. The molecule has 1 spiro atoms. The number of halogens is 1. The summed E-state index contributed by atoms with van der Waals surface area (Å²) in [5, 5.41) is 44.0. The third kappa shape index (κ3) is 1.75. The van der Waals surface area contributed by atoms with Crippen LogP contribution < -0.4 is 0 Å². The van der Waals surface area contributed by atoms with Crippen LogP contribution >= 0.6 is 11.6 Å². The number of hydrogen-bond acceptors (Lipinski definition) is 7. The van der Waals surface area contributed by atoms with Crippen LogP contribution in [0.1, 0.15) is 40.0 Å². The lowest BCUT2D eigenvalue weighted by atomic mass is 9.44. The van der Waals surface area contributed by atoms with Crippen LogP contribution in [-0.4, -0.2) is 73.5 Å². The van der Waals surface area contributed by atoms with E-state index < -0.39 is 57.8 Å². The first-order valence-corrected chi connectivity index (χ1v) is 10.4. The Morgan fingerprint density at radius 1 is 1.25 bits per heavy atom. The third-order valence-corrected chi connectivity index (χ3v) is 9.13. The fourth-order valence-corrected chi connectivity index (χ4v) is 7.64. The molecule has 0 bridgehead atoms. The van der Waals surface area contributed by atoms with Gasteiger partial charge in [0.05, 0.1) is 17.1 Å². The highest BCUT2D eigenvalue weighted by molar-refractivity contribution is 6.22. The van der Waals surface area contributed by atoms with Crippen molar-refractivity contribution in [2.24, 2.45) is 17.3 Å². The van der Waals surface area contributed by atoms with Crippen molar-refractivity contribution >= 4 is 17.6 Å². The topological polar surface area (TPSA) is 120 Å². The Morgan fingerprint density at radius 2 is 1.93 bits per heavy atom. The van der Waals surface area contributed by atoms with Gasteiger partial charge in [0.2, 0.25) is 0 Å². The number of hydrogen-bond donors (Lipinski definition) is 4. The van der Waals surface area contributed by atoms with Crippen molar-refractivity contribution in [1.29, 1.82) is 0 Å². The summed E-state index contributed by atoms with van der Waals surface area (Å²) in [6.45, 7) is 5.57. The van der Waals surface area contributed by atoms with E-state index in [9.17, 15) is 25.2 Å². The van der Waals surface area contributed by atoms with Gasteiger partial charge >= 0.3 is 5.97 Å². The zero-order chi connectivity index (χ0) is 20.4. The van der Waals surface area contributed by atoms with Crippen molar-refractivity contribution in [2.75, 3.05) is 6.61 Å². The fraction of sp³-hybridized carbons (Fsp3) is 0.850. The minimum atomic E-state index is -1.70. The van der Waals surface area contributed by atoms with Crippen LogP contribution in [-0.2, 0) is 14.3 Å². The molecule has 3 aliphatic carbocycles. The molecule has 0 aromatic heterocycles. The highest BCUT2D eigenvalue weighted by Gasteiger charge is 2.88. The Morgan fingerprint density at radius 3 is 2.57 bits per heavy atom. The number of carbonyl (C=O) groups is 1. The van der Waals surface area contributed by atoms with E-state index in [0.717, 1.165) is 5.57 Å². The lowest BCUT2D eigenvalue weighted by Gasteiger charge is -2.62. The molecule has 5 aliphatic rings. The van der Waals surface area contributed by atoms with E-state index in [2.05, 4.69) is 0 Å². The first kappa shape index (κ1) is 19.3. The first-order valence-electron chi connectivity index (χ1n) is 9.99. The maximum absolute atomic E-state index is 12.1. The quantitative estimate of drug-likeness (QED) is 0.276. The Hall–Kier alpha value is -0.700. The second-order valence-electron chi connectivity index (χ2n) is 9.79. The molecule has 4 N–H and O–H groups in total. The molecule has 28 heavy (non-hydrogen) atoms. The number of aliphatic hydroxyl groups excluding tert-OH is 2. The third-order valence-electron chi connectivity index (χ3n) is 8.55. The molecule has 0 unspecified atom stereocenters. The van der Waals surface area contributed by atoms with Crippen LogP contribution in [0.5, 0.6) is 0 Å². The first-order chi connectivity index (χ1) is 13.0. The minimum Gasteiger partial charge on any atom is -0.458 e. The van der Waals surface area contributed by atoms with Crippen LogP contribution in [0.15, 0.2) is 11.1 Å². The largest absolute Gasteiger partial charge is 0.458 e. The van der Waals surface area contributed by atoms with E-state index in [4.69, 9.17) is 21.1 Å². The summed E-state index contributed by atoms with van der Waals surface area (Å²) < 4.78 is 11.3. The van der Waals surface area contributed by atoms with Crippen molar-refractivity contribution in [3.8, 4) is 0 Å². The second kappa shape index (κ2) is 5.31. The molecule has 8 heteroatoms. The van der Waals surface area contributed by atoms with Gasteiger partial charge in [-0.05, 0) is 36.7 Å². The van der Waals surface area contributed by atoms with Crippen LogP contribution in [0.3, 0.4) is 0 Å². The average molecular weight is 415 g/mol. The zero-order valence-electron chi connectivity index (χ0n) is 16.2. The van der Waals surface area contributed by atoms with Gasteiger partial charge in [-0.15, -0.1) is 11.6 Å². The van der Waals surface area contributed by atoms with Crippen LogP contribution in [0, 0.1) is 17.3 Å². The lowest BCUT2D eigenvalue weighted by molar-refractivity contribution is -0.261. The number of rotatable bonds is 1. The fourth-order valence-electron chi connectivity index (χ4n) is 7.04. The number of esters is 1. The van der Waals surface area contributed by atoms with Crippen LogP contribution in [0.2, 0.25) is 0 Å². The molecule has 7 nitrogen and oxygen atoms in total. The average Bonchev–Trinajstić information content (AvgIpc) is 3.29. The minimum absolute atomic E-state index is 0.132. The molecule has 2 aliphatic heterocycles. The number of ether oxygens (including phenoxy) is 2. The van der Waals surface area contributed by atoms with E-state index >= 15 is 0 Å². The molecule has 0 amide bonds. The molecule has 3 fully saturated rings. The molecule has 5 rings (SSSR count). The molecule has 1 saturated heterocycles.